The maximum atomic E-state index is 12.2. The van der Waals surface area contributed by atoms with Gasteiger partial charge in [-0.1, -0.05) is 26.0 Å². The Kier molecular flexibility index (Phi) is 7.01. The molecule has 1 amide bonds. The molecule has 0 aliphatic carbocycles. The highest BCUT2D eigenvalue weighted by molar-refractivity contribution is 7.80. The van der Waals surface area contributed by atoms with E-state index in [2.05, 4.69) is 17.6 Å². The van der Waals surface area contributed by atoms with Gasteiger partial charge >= 0.3 is 0 Å². The van der Waals surface area contributed by atoms with Gasteiger partial charge < -0.3 is 10.1 Å². The second kappa shape index (κ2) is 8.53. The summed E-state index contributed by atoms with van der Waals surface area (Å²) in [4.78, 5) is 12.2. The molecule has 2 N–H and O–H groups in total. The monoisotopic (exact) mass is 294 g/mol. The molecule has 0 aliphatic heterocycles. The molecule has 0 saturated heterocycles. The molecule has 1 unspecified atom stereocenters. The second-order valence-electron chi connectivity index (χ2n) is 4.58. The van der Waals surface area contributed by atoms with Gasteiger partial charge in [0.1, 0.15) is 5.75 Å². The third-order valence-corrected chi connectivity index (χ3v) is 3.03. The van der Waals surface area contributed by atoms with Gasteiger partial charge in [0.25, 0.3) is 5.91 Å². The molecule has 4 nitrogen and oxygen atoms in total. The molecule has 0 saturated carbocycles. The van der Waals surface area contributed by atoms with Gasteiger partial charge in [-0.2, -0.15) is 0 Å². The predicted molar refractivity (Wildman–Crippen MR) is 85.2 cm³/mol. The van der Waals surface area contributed by atoms with Crippen LogP contribution in [0.25, 0.3) is 0 Å². The third-order valence-electron chi connectivity index (χ3n) is 2.81. The molecule has 0 spiro atoms. The first kappa shape index (κ1) is 16.4. The Balaban J connectivity index is 2.69. The van der Waals surface area contributed by atoms with Gasteiger partial charge in [-0.25, -0.2) is 0 Å². The zero-order valence-electron chi connectivity index (χ0n) is 12.2. The van der Waals surface area contributed by atoms with Crippen LogP contribution in [0.4, 0.5) is 0 Å². The van der Waals surface area contributed by atoms with Crippen LogP contribution >= 0.6 is 12.2 Å². The summed E-state index contributed by atoms with van der Waals surface area (Å²) >= 11 is 5.12. The van der Waals surface area contributed by atoms with Gasteiger partial charge in [0, 0.05) is 6.04 Å². The number of para-hydroxylation sites is 1. The summed E-state index contributed by atoms with van der Waals surface area (Å²) < 4.78 is 5.57. The molecular weight excluding hydrogens is 272 g/mol. The van der Waals surface area contributed by atoms with Crippen molar-refractivity contribution in [3.63, 3.8) is 0 Å². The molecule has 1 rings (SSSR count). The summed E-state index contributed by atoms with van der Waals surface area (Å²) in [6.07, 6.45) is 1.83. The largest absolute Gasteiger partial charge is 0.493 e. The molecule has 20 heavy (non-hydrogen) atoms. The van der Waals surface area contributed by atoms with Gasteiger partial charge in [-0.15, -0.1) is 0 Å². The van der Waals surface area contributed by atoms with E-state index in [4.69, 9.17) is 17.0 Å². The molecule has 0 fully saturated rings. The average Bonchev–Trinajstić information content (AvgIpc) is 2.44. The Morgan fingerprint density at radius 2 is 2.05 bits per heavy atom. The van der Waals surface area contributed by atoms with Crippen LogP contribution in [0.15, 0.2) is 24.3 Å². The number of rotatable bonds is 6. The lowest BCUT2D eigenvalue weighted by Gasteiger charge is -2.15. The van der Waals surface area contributed by atoms with Gasteiger partial charge in [-0.3, -0.25) is 10.1 Å². The van der Waals surface area contributed by atoms with E-state index in [1.165, 1.54) is 0 Å². The zero-order chi connectivity index (χ0) is 15.0. The molecule has 5 heteroatoms. The number of amides is 1. The van der Waals surface area contributed by atoms with Crippen LogP contribution in [0.5, 0.6) is 5.75 Å². The fourth-order valence-electron chi connectivity index (χ4n) is 1.52. The molecule has 0 radical (unpaired) electrons. The van der Waals surface area contributed by atoms with Gasteiger partial charge in [0.05, 0.1) is 12.2 Å². The number of hydrogen-bond donors (Lipinski definition) is 2. The SMILES string of the molecule is CCCOc1ccccc1C(=O)NC(=S)NC(C)CC. The van der Waals surface area contributed by atoms with E-state index in [0.29, 0.717) is 23.0 Å². The number of carbonyl (C=O) groups excluding carboxylic acids is 1. The minimum absolute atomic E-state index is 0.231. The zero-order valence-corrected chi connectivity index (χ0v) is 13.0. The summed E-state index contributed by atoms with van der Waals surface area (Å²) in [5.74, 6) is 0.329. The lowest BCUT2D eigenvalue weighted by atomic mass is 10.2. The number of nitrogens with one attached hydrogen (secondary N) is 2. The molecule has 0 aromatic heterocycles. The Hall–Kier alpha value is -1.62. The van der Waals surface area contributed by atoms with Crippen molar-refractivity contribution in [1.82, 2.24) is 10.6 Å². The molecule has 1 atom stereocenters. The van der Waals surface area contributed by atoms with Crippen molar-refractivity contribution in [3.8, 4) is 5.75 Å². The number of benzene rings is 1. The maximum absolute atomic E-state index is 12.2. The van der Waals surface area contributed by atoms with Crippen LogP contribution in [0.3, 0.4) is 0 Å². The van der Waals surface area contributed by atoms with E-state index in [0.717, 1.165) is 12.8 Å². The van der Waals surface area contributed by atoms with E-state index in [-0.39, 0.29) is 11.9 Å². The Morgan fingerprint density at radius 3 is 2.70 bits per heavy atom. The smallest absolute Gasteiger partial charge is 0.261 e. The number of thiocarbonyl (C=S) groups is 1. The first-order valence-corrected chi connectivity index (χ1v) is 7.33. The van der Waals surface area contributed by atoms with Gasteiger partial charge in [0.15, 0.2) is 5.11 Å². The van der Waals surface area contributed by atoms with Crippen molar-refractivity contribution in [2.75, 3.05) is 6.61 Å². The summed E-state index contributed by atoms with van der Waals surface area (Å²) in [5.41, 5.74) is 0.495. The highest BCUT2D eigenvalue weighted by atomic mass is 32.1. The molecular formula is C15H22N2O2S. The van der Waals surface area contributed by atoms with E-state index >= 15 is 0 Å². The number of carbonyl (C=O) groups is 1. The van der Waals surface area contributed by atoms with Crippen molar-refractivity contribution in [3.05, 3.63) is 29.8 Å². The molecule has 1 aromatic rings. The van der Waals surface area contributed by atoms with Crippen LogP contribution in [0, 0.1) is 0 Å². The molecule has 0 bridgehead atoms. The minimum atomic E-state index is -0.252. The highest BCUT2D eigenvalue weighted by Crippen LogP contribution is 2.17. The lowest BCUT2D eigenvalue weighted by Crippen LogP contribution is -2.43. The predicted octanol–water partition coefficient (Wildman–Crippen LogP) is 2.88. The van der Waals surface area contributed by atoms with Crippen LogP contribution in [0.2, 0.25) is 0 Å². The first-order valence-electron chi connectivity index (χ1n) is 6.92. The molecule has 0 aliphatic rings. The van der Waals surface area contributed by atoms with E-state index < -0.39 is 0 Å². The van der Waals surface area contributed by atoms with Gasteiger partial charge in [0.2, 0.25) is 0 Å². The Bertz CT molecular complexity index is 463. The Morgan fingerprint density at radius 1 is 1.35 bits per heavy atom. The van der Waals surface area contributed by atoms with E-state index in [1.807, 2.05) is 19.9 Å². The fourth-order valence-corrected chi connectivity index (χ4v) is 1.82. The van der Waals surface area contributed by atoms with Gasteiger partial charge in [-0.05, 0) is 44.1 Å². The highest BCUT2D eigenvalue weighted by Gasteiger charge is 2.13. The third kappa shape index (κ3) is 5.17. The van der Waals surface area contributed by atoms with Crippen LogP contribution in [-0.2, 0) is 0 Å². The summed E-state index contributed by atoms with van der Waals surface area (Å²) in [7, 11) is 0. The minimum Gasteiger partial charge on any atom is -0.493 e. The number of ether oxygens (including phenoxy) is 1. The van der Waals surface area contributed by atoms with Crippen molar-refractivity contribution in [2.24, 2.45) is 0 Å². The van der Waals surface area contributed by atoms with Crippen molar-refractivity contribution in [2.45, 2.75) is 39.7 Å². The van der Waals surface area contributed by atoms with Crippen LogP contribution in [0.1, 0.15) is 44.0 Å². The van der Waals surface area contributed by atoms with Crippen molar-refractivity contribution in [1.29, 1.82) is 0 Å². The molecule has 1 aromatic carbocycles. The standard InChI is InChI=1S/C15H22N2O2S/c1-4-10-19-13-9-7-6-8-12(13)14(18)17-15(20)16-11(3)5-2/h6-9,11H,4-5,10H2,1-3H3,(H2,16,17,18,20). The normalized spacial score (nSPS) is 11.6. The molecule has 0 heterocycles. The van der Waals surface area contributed by atoms with E-state index in [1.54, 1.807) is 18.2 Å². The van der Waals surface area contributed by atoms with E-state index in [9.17, 15) is 4.79 Å². The van der Waals surface area contributed by atoms with Crippen LogP contribution < -0.4 is 15.4 Å². The molecule has 110 valence electrons. The van der Waals surface area contributed by atoms with Crippen molar-refractivity contribution < 1.29 is 9.53 Å². The quantitative estimate of drug-likeness (QED) is 0.792. The van der Waals surface area contributed by atoms with Crippen molar-refractivity contribution >= 4 is 23.2 Å². The maximum Gasteiger partial charge on any atom is 0.261 e. The lowest BCUT2D eigenvalue weighted by molar-refractivity contribution is 0.0972. The topological polar surface area (TPSA) is 50.4 Å². The fraction of sp³-hybridized carbons (Fsp3) is 0.467. The summed E-state index contributed by atoms with van der Waals surface area (Å²) in [6.45, 7) is 6.67. The summed E-state index contributed by atoms with van der Waals surface area (Å²) in [6, 6.07) is 7.40. The summed E-state index contributed by atoms with van der Waals surface area (Å²) in [5, 5.41) is 6.07. The van der Waals surface area contributed by atoms with Crippen LogP contribution in [-0.4, -0.2) is 23.7 Å². The average molecular weight is 294 g/mol. The number of hydrogen-bond acceptors (Lipinski definition) is 3. The second-order valence-corrected chi connectivity index (χ2v) is 4.99. The first-order chi connectivity index (χ1) is 9.58. The Labute approximate surface area is 125 Å².